The highest BCUT2D eigenvalue weighted by molar-refractivity contribution is 6.35. The summed E-state index contributed by atoms with van der Waals surface area (Å²) >= 11 is 0. The Bertz CT molecular complexity index is 4510. The van der Waals surface area contributed by atoms with Crippen LogP contribution in [0.25, 0.3) is 144 Å². The summed E-state index contributed by atoms with van der Waals surface area (Å²) in [6.45, 7) is 0. The van der Waals surface area contributed by atoms with E-state index in [0.717, 1.165) is 110 Å². The number of benzene rings is 11. The molecule has 0 aliphatic rings. The Morgan fingerprint density at radius 2 is 0.739 bits per heavy atom. The molecule has 15 aromatic rings. The highest BCUT2D eigenvalue weighted by Crippen LogP contribution is 2.48. The minimum absolute atomic E-state index is 0.516. The quantitative estimate of drug-likeness (QED) is 0.156. The SMILES string of the molecule is c1ccc(-c2ccc(-c3nc(-c4ccc5c6ccccc6c6ccc(-c7ccccc7)c7oc4c5c76)nc(-n4c5ccccc5c5ccc6c7ccccc7n(-c7ccccc7)c6c54)n3)cc2)cc1. The lowest BCUT2D eigenvalue weighted by Crippen LogP contribution is -2.07. The molecule has 0 aliphatic heterocycles. The molecule has 0 saturated heterocycles. The maximum atomic E-state index is 7.28. The molecular formula is C63H37N5O. The molecule has 0 unspecified atom stereocenters. The Kier molecular flexibility index (Phi) is 7.97. The van der Waals surface area contributed by atoms with E-state index in [1.807, 2.05) is 6.07 Å². The summed E-state index contributed by atoms with van der Waals surface area (Å²) in [5.74, 6) is 1.60. The standard InChI is InChI=1S/C63H37N5O/c1-4-16-38(17-5-1)39-28-30-41(31-29-39)61-64-62(52-37-34-49-45-23-11-10-22-44(45)48-33-32-43(40-18-6-2-7-19-40)59-55(48)56(49)60(52)69-59)66-63(65-61)68-54-27-15-13-25-47(54)51-36-35-50-46-24-12-14-26-53(46)67(57(50)58(51)68)42-20-8-3-9-21-42/h1-37H. The van der Waals surface area contributed by atoms with Crippen LogP contribution in [0.3, 0.4) is 0 Å². The van der Waals surface area contributed by atoms with E-state index < -0.39 is 0 Å². The maximum absolute atomic E-state index is 7.28. The Labute approximate surface area is 394 Å². The van der Waals surface area contributed by atoms with Crippen molar-refractivity contribution in [3.05, 3.63) is 224 Å². The molecule has 0 spiro atoms. The number of nitrogens with zero attached hydrogens (tertiary/aromatic N) is 5. The normalized spacial score (nSPS) is 12.1. The minimum atomic E-state index is 0.516. The topological polar surface area (TPSA) is 61.7 Å². The van der Waals surface area contributed by atoms with Crippen LogP contribution in [-0.4, -0.2) is 24.1 Å². The summed E-state index contributed by atoms with van der Waals surface area (Å²) < 4.78 is 11.9. The predicted octanol–water partition coefficient (Wildman–Crippen LogP) is 16.4. The number of fused-ring (bicyclic) bond motifs is 10. The molecule has 0 bridgehead atoms. The lowest BCUT2D eigenvalue weighted by atomic mass is 9.91. The first-order valence-corrected chi connectivity index (χ1v) is 23.4. The summed E-state index contributed by atoms with van der Waals surface area (Å²) in [4.78, 5) is 16.5. The molecule has 69 heavy (non-hydrogen) atoms. The van der Waals surface area contributed by atoms with Gasteiger partial charge >= 0.3 is 0 Å². The van der Waals surface area contributed by atoms with Crippen LogP contribution < -0.4 is 0 Å². The van der Waals surface area contributed by atoms with Gasteiger partial charge in [0.2, 0.25) is 5.95 Å². The van der Waals surface area contributed by atoms with Crippen LogP contribution in [0.1, 0.15) is 0 Å². The highest BCUT2D eigenvalue weighted by atomic mass is 16.3. The fourth-order valence-electron chi connectivity index (χ4n) is 11.1. The highest BCUT2D eigenvalue weighted by Gasteiger charge is 2.27. The minimum Gasteiger partial charge on any atom is -0.455 e. The van der Waals surface area contributed by atoms with Crippen molar-refractivity contribution < 1.29 is 4.42 Å². The number of para-hydroxylation sites is 3. The van der Waals surface area contributed by atoms with Gasteiger partial charge in [-0.15, -0.1) is 0 Å². The van der Waals surface area contributed by atoms with Gasteiger partial charge in [-0.05, 0) is 74.6 Å². The summed E-state index contributed by atoms with van der Waals surface area (Å²) in [5, 5.41) is 11.4. The van der Waals surface area contributed by atoms with Crippen molar-refractivity contribution in [1.82, 2.24) is 24.1 Å². The Morgan fingerprint density at radius 1 is 0.290 bits per heavy atom. The number of aromatic nitrogens is 5. The fraction of sp³-hybridized carbons (Fsp3) is 0. The van der Waals surface area contributed by atoms with Crippen LogP contribution in [0.5, 0.6) is 0 Å². The molecule has 0 fully saturated rings. The summed E-state index contributed by atoms with van der Waals surface area (Å²) in [5.41, 5.74) is 13.0. The summed E-state index contributed by atoms with van der Waals surface area (Å²) in [6, 6.07) is 79.5. The van der Waals surface area contributed by atoms with E-state index in [-0.39, 0.29) is 0 Å². The first kappa shape index (κ1) is 37.8. The molecule has 0 N–H and O–H groups in total. The first-order valence-electron chi connectivity index (χ1n) is 23.4. The number of hydrogen-bond donors (Lipinski definition) is 0. The molecule has 0 atom stereocenters. The fourth-order valence-corrected chi connectivity index (χ4v) is 11.1. The van der Waals surface area contributed by atoms with Crippen molar-refractivity contribution in [1.29, 1.82) is 0 Å². The zero-order valence-electron chi connectivity index (χ0n) is 37.0. The van der Waals surface area contributed by atoms with Gasteiger partial charge in [-0.1, -0.05) is 188 Å². The van der Waals surface area contributed by atoms with E-state index in [1.165, 1.54) is 16.2 Å². The van der Waals surface area contributed by atoms with Crippen molar-refractivity contribution in [2.24, 2.45) is 0 Å². The summed E-state index contributed by atoms with van der Waals surface area (Å²) in [6.07, 6.45) is 0. The monoisotopic (exact) mass is 879 g/mol. The van der Waals surface area contributed by atoms with Crippen LogP contribution in [-0.2, 0) is 0 Å². The molecule has 0 radical (unpaired) electrons. The van der Waals surface area contributed by atoms with Gasteiger partial charge in [-0.3, -0.25) is 4.57 Å². The average Bonchev–Trinajstić information content (AvgIpc) is 4.10. The van der Waals surface area contributed by atoms with Gasteiger partial charge in [-0.25, -0.2) is 4.98 Å². The van der Waals surface area contributed by atoms with Crippen LogP contribution in [0.4, 0.5) is 0 Å². The average molecular weight is 880 g/mol. The third kappa shape index (κ3) is 5.51. The zero-order valence-corrected chi connectivity index (χ0v) is 37.0. The predicted molar refractivity (Wildman–Crippen MR) is 284 cm³/mol. The van der Waals surface area contributed by atoms with E-state index in [0.29, 0.717) is 17.6 Å². The molecule has 0 amide bonds. The Morgan fingerprint density at radius 3 is 1.38 bits per heavy atom. The van der Waals surface area contributed by atoms with E-state index in [1.54, 1.807) is 0 Å². The number of hydrogen-bond acceptors (Lipinski definition) is 4. The third-order valence-electron chi connectivity index (χ3n) is 14.2. The molecule has 11 aromatic carbocycles. The van der Waals surface area contributed by atoms with Gasteiger partial charge in [0.15, 0.2) is 11.6 Å². The van der Waals surface area contributed by atoms with E-state index >= 15 is 0 Å². The van der Waals surface area contributed by atoms with E-state index in [2.05, 4.69) is 228 Å². The van der Waals surface area contributed by atoms with Crippen LogP contribution in [0.2, 0.25) is 0 Å². The molecule has 15 rings (SSSR count). The smallest absolute Gasteiger partial charge is 0.238 e. The molecule has 4 aromatic heterocycles. The van der Waals surface area contributed by atoms with Crippen LogP contribution in [0, 0.1) is 0 Å². The molecular weight excluding hydrogens is 843 g/mol. The second kappa shape index (κ2) is 14.6. The Balaban J connectivity index is 1.07. The second-order valence-electron chi connectivity index (χ2n) is 17.9. The molecule has 4 heterocycles. The third-order valence-corrected chi connectivity index (χ3v) is 14.2. The van der Waals surface area contributed by atoms with Crippen LogP contribution >= 0.6 is 0 Å². The second-order valence-corrected chi connectivity index (χ2v) is 17.9. The van der Waals surface area contributed by atoms with Crippen molar-refractivity contribution in [3.63, 3.8) is 0 Å². The largest absolute Gasteiger partial charge is 0.455 e. The molecule has 0 aliphatic carbocycles. The summed E-state index contributed by atoms with van der Waals surface area (Å²) in [7, 11) is 0. The molecule has 0 saturated carbocycles. The molecule has 320 valence electrons. The van der Waals surface area contributed by atoms with E-state index in [4.69, 9.17) is 19.4 Å². The van der Waals surface area contributed by atoms with Gasteiger partial charge in [-0.2, -0.15) is 9.97 Å². The maximum Gasteiger partial charge on any atom is 0.238 e. The van der Waals surface area contributed by atoms with Crippen molar-refractivity contribution >= 4 is 87.1 Å². The molecule has 6 heteroatoms. The lowest BCUT2D eigenvalue weighted by molar-refractivity contribution is 0.671. The zero-order chi connectivity index (χ0) is 45.2. The van der Waals surface area contributed by atoms with E-state index in [9.17, 15) is 0 Å². The van der Waals surface area contributed by atoms with Gasteiger partial charge in [0.1, 0.15) is 11.2 Å². The Hall–Kier alpha value is -9.39. The first-order chi connectivity index (χ1) is 34.2. The van der Waals surface area contributed by atoms with Crippen molar-refractivity contribution in [3.8, 4) is 56.7 Å². The van der Waals surface area contributed by atoms with Crippen molar-refractivity contribution in [2.75, 3.05) is 0 Å². The lowest BCUT2D eigenvalue weighted by Gasteiger charge is -2.14. The van der Waals surface area contributed by atoms with Gasteiger partial charge < -0.3 is 8.98 Å². The number of rotatable bonds is 6. The van der Waals surface area contributed by atoms with Crippen molar-refractivity contribution in [2.45, 2.75) is 0 Å². The number of furan rings is 1. The van der Waals surface area contributed by atoms with Crippen LogP contribution in [0.15, 0.2) is 229 Å². The molecule has 6 nitrogen and oxygen atoms in total. The van der Waals surface area contributed by atoms with Gasteiger partial charge in [0.05, 0.1) is 27.6 Å². The van der Waals surface area contributed by atoms with Gasteiger partial charge in [0.25, 0.3) is 0 Å². The van der Waals surface area contributed by atoms with Gasteiger partial charge in [0, 0.05) is 49.1 Å².